The van der Waals surface area contributed by atoms with E-state index in [1.54, 1.807) is 7.11 Å². The van der Waals surface area contributed by atoms with Gasteiger partial charge in [-0.25, -0.2) is 0 Å². The topological polar surface area (TPSA) is 29.5 Å². The molecule has 1 aliphatic rings. The zero-order chi connectivity index (χ0) is 10.7. The number of ether oxygens (including phenoxy) is 1. The van der Waals surface area contributed by atoms with Crippen molar-refractivity contribution < 1.29 is 9.84 Å². The zero-order valence-electron chi connectivity index (χ0n) is 9.15. The summed E-state index contributed by atoms with van der Waals surface area (Å²) in [5, 5.41) is 9.77. The maximum Gasteiger partial charge on any atom is 0.122 e. The predicted molar refractivity (Wildman–Crippen MR) is 60.0 cm³/mol. The third kappa shape index (κ3) is 2.32. The lowest BCUT2D eigenvalue weighted by Crippen LogP contribution is -2.15. The van der Waals surface area contributed by atoms with E-state index in [1.807, 2.05) is 18.2 Å². The largest absolute Gasteiger partial charge is 0.496 e. The van der Waals surface area contributed by atoms with Gasteiger partial charge in [0.05, 0.1) is 13.2 Å². The molecule has 0 bridgehead atoms. The third-order valence-electron chi connectivity index (χ3n) is 3.29. The molecule has 2 atom stereocenters. The molecule has 2 heteroatoms. The fourth-order valence-electron chi connectivity index (χ4n) is 2.41. The quantitative estimate of drug-likeness (QED) is 0.823. The van der Waals surface area contributed by atoms with E-state index in [-0.39, 0.29) is 6.10 Å². The molecule has 1 aromatic carbocycles. The van der Waals surface area contributed by atoms with Crippen LogP contribution in [0.5, 0.6) is 5.75 Å². The van der Waals surface area contributed by atoms with Gasteiger partial charge in [0.1, 0.15) is 5.75 Å². The van der Waals surface area contributed by atoms with Gasteiger partial charge in [-0.05, 0) is 36.8 Å². The number of hydrogen-bond acceptors (Lipinski definition) is 2. The van der Waals surface area contributed by atoms with Crippen LogP contribution in [-0.4, -0.2) is 18.3 Å². The molecule has 2 nitrogen and oxygen atoms in total. The highest BCUT2D eigenvalue weighted by Gasteiger charge is 2.25. The maximum atomic E-state index is 9.77. The first-order chi connectivity index (χ1) is 7.31. The van der Waals surface area contributed by atoms with E-state index in [2.05, 4.69) is 6.07 Å². The second-order valence-corrected chi connectivity index (χ2v) is 4.27. The van der Waals surface area contributed by atoms with Gasteiger partial charge in [-0.2, -0.15) is 0 Å². The van der Waals surface area contributed by atoms with E-state index in [1.165, 1.54) is 5.56 Å². The monoisotopic (exact) mass is 206 g/mol. The Labute approximate surface area is 90.9 Å². The van der Waals surface area contributed by atoms with Crippen LogP contribution in [0.2, 0.25) is 0 Å². The minimum absolute atomic E-state index is 0.116. The van der Waals surface area contributed by atoms with Crippen LogP contribution >= 0.6 is 0 Å². The maximum absolute atomic E-state index is 9.77. The predicted octanol–water partition coefficient (Wildman–Crippen LogP) is 2.40. The van der Waals surface area contributed by atoms with Crippen molar-refractivity contribution in [2.75, 3.05) is 7.11 Å². The molecule has 0 amide bonds. The molecule has 0 radical (unpaired) electrons. The van der Waals surface area contributed by atoms with Gasteiger partial charge in [0.2, 0.25) is 0 Å². The van der Waals surface area contributed by atoms with E-state index in [9.17, 15) is 5.11 Å². The van der Waals surface area contributed by atoms with Crippen molar-refractivity contribution in [3.63, 3.8) is 0 Å². The van der Waals surface area contributed by atoms with Crippen LogP contribution in [0.3, 0.4) is 0 Å². The normalized spacial score (nSPS) is 25.5. The molecular formula is C13H18O2. The Balaban J connectivity index is 2.09. The Morgan fingerprint density at radius 2 is 2.13 bits per heavy atom. The number of para-hydroxylation sites is 1. The van der Waals surface area contributed by atoms with Crippen LogP contribution in [-0.2, 0) is 6.42 Å². The summed E-state index contributed by atoms with van der Waals surface area (Å²) in [6.45, 7) is 0. The molecule has 0 aliphatic heterocycles. The lowest BCUT2D eigenvalue weighted by Gasteiger charge is -2.16. The number of aliphatic hydroxyl groups excluding tert-OH is 1. The standard InChI is InChI=1S/C13H18O2/c1-15-13-8-3-2-5-11(13)9-10-6-4-7-12(10)14/h2-3,5,8,10,12,14H,4,6-7,9H2,1H3. The first kappa shape index (κ1) is 10.5. The molecule has 0 heterocycles. The number of rotatable bonds is 3. The molecule has 1 fully saturated rings. The molecule has 15 heavy (non-hydrogen) atoms. The van der Waals surface area contributed by atoms with Crippen molar-refractivity contribution in [3.05, 3.63) is 29.8 Å². The van der Waals surface area contributed by atoms with Gasteiger partial charge in [-0.1, -0.05) is 24.6 Å². The van der Waals surface area contributed by atoms with Crippen molar-refractivity contribution in [2.24, 2.45) is 5.92 Å². The molecule has 1 aromatic rings. The summed E-state index contributed by atoms with van der Waals surface area (Å²) in [6.07, 6.45) is 4.07. The fourth-order valence-corrected chi connectivity index (χ4v) is 2.41. The number of aliphatic hydroxyl groups is 1. The molecule has 0 spiro atoms. The summed E-state index contributed by atoms with van der Waals surface area (Å²) in [4.78, 5) is 0. The summed E-state index contributed by atoms with van der Waals surface area (Å²) < 4.78 is 5.31. The molecule has 2 unspecified atom stereocenters. The second-order valence-electron chi connectivity index (χ2n) is 4.27. The molecule has 2 rings (SSSR count). The average Bonchev–Trinajstić information content (AvgIpc) is 2.65. The molecule has 1 aliphatic carbocycles. The molecule has 82 valence electrons. The summed E-state index contributed by atoms with van der Waals surface area (Å²) in [7, 11) is 1.70. The summed E-state index contributed by atoms with van der Waals surface area (Å²) in [5.41, 5.74) is 1.21. The van der Waals surface area contributed by atoms with Crippen molar-refractivity contribution in [2.45, 2.75) is 31.8 Å². The Hall–Kier alpha value is -1.02. The minimum Gasteiger partial charge on any atom is -0.496 e. The lowest BCUT2D eigenvalue weighted by molar-refractivity contribution is 0.132. The van der Waals surface area contributed by atoms with Crippen LogP contribution < -0.4 is 4.74 Å². The SMILES string of the molecule is COc1ccccc1CC1CCCC1O. The lowest BCUT2D eigenvalue weighted by atomic mass is 9.96. The Morgan fingerprint density at radius 3 is 2.80 bits per heavy atom. The molecule has 1 saturated carbocycles. The van der Waals surface area contributed by atoms with Gasteiger partial charge in [0, 0.05) is 0 Å². The van der Waals surface area contributed by atoms with E-state index < -0.39 is 0 Å². The van der Waals surface area contributed by atoms with Crippen LogP contribution in [0.15, 0.2) is 24.3 Å². The van der Waals surface area contributed by atoms with Crippen molar-refractivity contribution in [1.82, 2.24) is 0 Å². The second kappa shape index (κ2) is 4.67. The smallest absolute Gasteiger partial charge is 0.122 e. The van der Waals surface area contributed by atoms with E-state index in [0.29, 0.717) is 5.92 Å². The van der Waals surface area contributed by atoms with E-state index in [0.717, 1.165) is 31.4 Å². The van der Waals surface area contributed by atoms with E-state index in [4.69, 9.17) is 4.74 Å². The zero-order valence-corrected chi connectivity index (χ0v) is 9.15. The highest BCUT2D eigenvalue weighted by Crippen LogP contribution is 2.31. The molecule has 1 N–H and O–H groups in total. The Kier molecular flexibility index (Phi) is 3.27. The van der Waals surface area contributed by atoms with Crippen molar-refractivity contribution >= 4 is 0 Å². The summed E-state index contributed by atoms with van der Waals surface area (Å²) in [5.74, 6) is 1.36. The summed E-state index contributed by atoms with van der Waals surface area (Å²) in [6, 6.07) is 8.08. The number of benzene rings is 1. The van der Waals surface area contributed by atoms with Crippen LogP contribution in [0.1, 0.15) is 24.8 Å². The first-order valence-corrected chi connectivity index (χ1v) is 5.61. The van der Waals surface area contributed by atoms with Gasteiger partial charge in [-0.3, -0.25) is 0 Å². The highest BCUT2D eigenvalue weighted by atomic mass is 16.5. The Bertz CT molecular complexity index is 322. The number of hydrogen-bond donors (Lipinski definition) is 1. The molecular weight excluding hydrogens is 188 g/mol. The summed E-state index contributed by atoms with van der Waals surface area (Å²) >= 11 is 0. The third-order valence-corrected chi connectivity index (χ3v) is 3.29. The van der Waals surface area contributed by atoms with Gasteiger partial charge in [0.15, 0.2) is 0 Å². The van der Waals surface area contributed by atoms with Crippen LogP contribution in [0, 0.1) is 5.92 Å². The fraction of sp³-hybridized carbons (Fsp3) is 0.538. The van der Waals surface area contributed by atoms with Crippen molar-refractivity contribution in [3.8, 4) is 5.75 Å². The average molecular weight is 206 g/mol. The minimum atomic E-state index is -0.116. The van der Waals surface area contributed by atoms with Crippen LogP contribution in [0.4, 0.5) is 0 Å². The van der Waals surface area contributed by atoms with Gasteiger partial charge >= 0.3 is 0 Å². The molecule has 0 aromatic heterocycles. The molecule has 0 saturated heterocycles. The van der Waals surface area contributed by atoms with E-state index >= 15 is 0 Å². The highest BCUT2D eigenvalue weighted by molar-refractivity contribution is 5.33. The Morgan fingerprint density at radius 1 is 1.33 bits per heavy atom. The van der Waals surface area contributed by atoms with Crippen LogP contribution in [0.25, 0.3) is 0 Å². The van der Waals surface area contributed by atoms with Gasteiger partial charge in [-0.15, -0.1) is 0 Å². The first-order valence-electron chi connectivity index (χ1n) is 5.61. The van der Waals surface area contributed by atoms with Crippen molar-refractivity contribution in [1.29, 1.82) is 0 Å². The van der Waals surface area contributed by atoms with Gasteiger partial charge in [0.25, 0.3) is 0 Å². The number of methoxy groups -OCH3 is 1. The van der Waals surface area contributed by atoms with Gasteiger partial charge < -0.3 is 9.84 Å².